The second-order valence-electron chi connectivity index (χ2n) is 13.6. The van der Waals surface area contributed by atoms with E-state index in [-0.39, 0.29) is 55.2 Å². The molecule has 0 aromatic heterocycles. The molecule has 0 aromatic carbocycles. The summed E-state index contributed by atoms with van der Waals surface area (Å²) in [7, 11) is 0. The number of aliphatic hydroxyl groups is 1. The van der Waals surface area contributed by atoms with Gasteiger partial charge in [-0.1, -0.05) is 52.0 Å². The Morgan fingerprint density at radius 3 is 2.38 bits per heavy atom. The standard InChI is InChI=1S/C38H64O10/c1-12-32(45-29(9)42-13-2)27(7)37-33(46-37)22-24(4)16-15-17-25(5)36-26(6)18-19-34(44-28(8)39)38(11,48-30(10)43-14-3)21-20-31(40)23-35(41)47-36/h15-19,24,26-27,29-34,36-37,40H,12-14,20-23H2,1-11H3. The molecule has 0 aliphatic carbocycles. The summed E-state index contributed by atoms with van der Waals surface area (Å²) in [5.74, 6) is -0.652. The summed E-state index contributed by atoms with van der Waals surface area (Å²) >= 11 is 0. The lowest BCUT2D eigenvalue weighted by atomic mass is 9.88. The monoisotopic (exact) mass is 680 g/mol. The molecule has 0 saturated carbocycles. The molecule has 0 spiro atoms. The molecule has 1 fully saturated rings. The van der Waals surface area contributed by atoms with Crippen LogP contribution in [0, 0.1) is 17.8 Å². The topological polar surface area (TPSA) is 122 Å². The van der Waals surface area contributed by atoms with Gasteiger partial charge in [-0.25, -0.2) is 0 Å². The first kappa shape index (κ1) is 42.1. The molecule has 2 rings (SSSR count). The van der Waals surface area contributed by atoms with Crippen molar-refractivity contribution in [1.29, 1.82) is 0 Å². The lowest BCUT2D eigenvalue weighted by Gasteiger charge is -2.38. The Labute approximate surface area is 289 Å². The number of hydrogen-bond acceptors (Lipinski definition) is 10. The zero-order valence-corrected chi connectivity index (χ0v) is 31.3. The number of carbonyl (C=O) groups is 2. The summed E-state index contributed by atoms with van der Waals surface area (Å²) in [4.78, 5) is 25.1. The maximum absolute atomic E-state index is 13.0. The highest BCUT2D eigenvalue weighted by molar-refractivity contribution is 5.70. The third kappa shape index (κ3) is 14.0. The van der Waals surface area contributed by atoms with Gasteiger partial charge in [0, 0.05) is 32.0 Å². The number of aliphatic hydroxyl groups excluding tert-OH is 1. The fourth-order valence-electron chi connectivity index (χ4n) is 6.46. The molecule has 0 radical (unpaired) electrons. The van der Waals surface area contributed by atoms with E-state index in [1.807, 2.05) is 59.8 Å². The molecule has 1 saturated heterocycles. The van der Waals surface area contributed by atoms with Crippen LogP contribution in [0.3, 0.4) is 0 Å². The molecule has 0 bridgehead atoms. The molecule has 276 valence electrons. The van der Waals surface area contributed by atoms with Crippen molar-refractivity contribution in [2.24, 2.45) is 17.8 Å². The van der Waals surface area contributed by atoms with Crippen LogP contribution < -0.4 is 0 Å². The Morgan fingerprint density at radius 2 is 1.75 bits per heavy atom. The van der Waals surface area contributed by atoms with Gasteiger partial charge in [-0.15, -0.1) is 0 Å². The van der Waals surface area contributed by atoms with Crippen molar-refractivity contribution in [3.8, 4) is 0 Å². The highest BCUT2D eigenvalue weighted by Gasteiger charge is 2.46. The minimum Gasteiger partial charge on any atom is -0.457 e. The summed E-state index contributed by atoms with van der Waals surface area (Å²) in [6.07, 6.45) is 9.33. The molecule has 1 N–H and O–H groups in total. The third-order valence-corrected chi connectivity index (χ3v) is 9.18. The molecule has 0 aromatic rings. The van der Waals surface area contributed by atoms with E-state index in [1.54, 1.807) is 13.0 Å². The van der Waals surface area contributed by atoms with Gasteiger partial charge in [0.25, 0.3) is 0 Å². The minimum absolute atomic E-state index is 0.0769. The molecule has 0 amide bonds. The van der Waals surface area contributed by atoms with Crippen molar-refractivity contribution in [2.45, 2.75) is 163 Å². The molecule has 10 nitrogen and oxygen atoms in total. The SMILES string of the molecule is CCOC(C)OC(CC)C(C)C1OC1CC(C)C=CC=C(C)C1OC(=O)CC(O)CCC(C)(OC(C)OCC)C(OC(C)=O)C=CC1C. The number of ether oxygens (including phenoxy) is 7. The molecule has 12 unspecified atom stereocenters. The van der Waals surface area contributed by atoms with Crippen LogP contribution in [-0.2, 0) is 42.7 Å². The summed E-state index contributed by atoms with van der Waals surface area (Å²) in [5.41, 5.74) is -0.155. The van der Waals surface area contributed by atoms with Crippen molar-refractivity contribution in [1.82, 2.24) is 0 Å². The number of cyclic esters (lactones) is 1. The first-order chi connectivity index (χ1) is 22.6. The fraction of sp³-hybridized carbons (Fsp3) is 0.789. The smallest absolute Gasteiger partial charge is 0.309 e. The molecule has 12 atom stereocenters. The van der Waals surface area contributed by atoms with Crippen LogP contribution in [0.2, 0.25) is 0 Å². The maximum atomic E-state index is 13.0. The number of allylic oxidation sites excluding steroid dienone is 3. The lowest BCUT2D eigenvalue weighted by Crippen LogP contribution is -2.47. The van der Waals surface area contributed by atoms with Gasteiger partial charge < -0.3 is 38.3 Å². The predicted octanol–water partition coefficient (Wildman–Crippen LogP) is 6.83. The predicted molar refractivity (Wildman–Crippen MR) is 185 cm³/mol. The van der Waals surface area contributed by atoms with E-state index in [4.69, 9.17) is 33.2 Å². The van der Waals surface area contributed by atoms with Gasteiger partial charge in [-0.2, -0.15) is 0 Å². The van der Waals surface area contributed by atoms with E-state index in [1.165, 1.54) is 6.92 Å². The Kier molecular flexibility index (Phi) is 18.0. The molecule has 2 aliphatic rings. The maximum Gasteiger partial charge on any atom is 0.309 e. The Balaban J connectivity index is 2.16. The highest BCUT2D eigenvalue weighted by Crippen LogP contribution is 2.38. The zero-order valence-electron chi connectivity index (χ0n) is 31.3. The Morgan fingerprint density at radius 1 is 1.08 bits per heavy atom. The van der Waals surface area contributed by atoms with Crippen molar-refractivity contribution in [3.05, 3.63) is 36.0 Å². The number of esters is 2. The van der Waals surface area contributed by atoms with Gasteiger partial charge in [-0.05, 0) is 84.8 Å². The van der Waals surface area contributed by atoms with Crippen molar-refractivity contribution >= 4 is 11.9 Å². The molecule has 2 aliphatic heterocycles. The van der Waals surface area contributed by atoms with Gasteiger partial charge in [-0.3, -0.25) is 9.59 Å². The summed E-state index contributed by atoms with van der Waals surface area (Å²) in [6, 6.07) is 0. The Bertz CT molecular complexity index is 1070. The number of epoxide rings is 1. The van der Waals surface area contributed by atoms with Gasteiger partial charge in [0.1, 0.15) is 17.8 Å². The number of rotatable bonds is 17. The zero-order chi connectivity index (χ0) is 36.0. The summed E-state index contributed by atoms with van der Waals surface area (Å²) < 4.78 is 41.3. The lowest BCUT2D eigenvalue weighted by molar-refractivity contribution is -0.227. The first-order valence-electron chi connectivity index (χ1n) is 17.9. The van der Waals surface area contributed by atoms with Crippen molar-refractivity contribution < 1.29 is 47.9 Å². The average Bonchev–Trinajstić information content (AvgIpc) is 3.77. The fourth-order valence-corrected chi connectivity index (χ4v) is 6.46. The van der Waals surface area contributed by atoms with Crippen LogP contribution in [0.4, 0.5) is 0 Å². The second kappa shape index (κ2) is 20.6. The highest BCUT2D eigenvalue weighted by atomic mass is 16.7. The Hall–Kier alpha value is -2.08. The van der Waals surface area contributed by atoms with Crippen LogP contribution in [0.5, 0.6) is 0 Å². The molecule has 10 heteroatoms. The van der Waals surface area contributed by atoms with E-state index in [9.17, 15) is 14.7 Å². The van der Waals surface area contributed by atoms with Gasteiger partial charge >= 0.3 is 11.9 Å². The molecular weight excluding hydrogens is 616 g/mol. The van der Waals surface area contributed by atoms with E-state index >= 15 is 0 Å². The quantitative estimate of drug-likeness (QED) is 0.0575. The first-order valence-corrected chi connectivity index (χ1v) is 17.9. The van der Waals surface area contributed by atoms with Crippen LogP contribution in [0.25, 0.3) is 0 Å². The van der Waals surface area contributed by atoms with Gasteiger partial charge in [0.15, 0.2) is 12.6 Å². The average molecular weight is 681 g/mol. The number of carbonyl (C=O) groups excluding carboxylic acids is 2. The van der Waals surface area contributed by atoms with Crippen molar-refractivity contribution in [2.75, 3.05) is 13.2 Å². The molecular formula is C38H64O10. The molecule has 48 heavy (non-hydrogen) atoms. The van der Waals surface area contributed by atoms with Crippen LogP contribution in [-0.4, -0.2) is 85.1 Å². The van der Waals surface area contributed by atoms with E-state index in [0.717, 1.165) is 18.4 Å². The van der Waals surface area contributed by atoms with E-state index < -0.39 is 42.1 Å². The minimum atomic E-state index is -1.01. The van der Waals surface area contributed by atoms with Gasteiger partial charge in [0.2, 0.25) is 0 Å². The normalized spacial score (nSPS) is 32.0. The van der Waals surface area contributed by atoms with Crippen LogP contribution >= 0.6 is 0 Å². The van der Waals surface area contributed by atoms with E-state index in [2.05, 4.69) is 26.8 Å². The summed E-state index contributed by atoms with van der Waals surface area (Å²) in [6.45, 7) is 22.2. The third-order valence-electron chi connectivity index (χ3n) is 9.18. The molecule has 2 heterocycles. The second-order valence-corrected chi connectivity index (χ2v) is 13.6. The number of hydrogen-bond donors (Lipinski definition) is 1. The van der Waals surface area contributed by atoms with Crippen LogP contribution in [0.1, 0.15) is 108 Å². The van der Waals surface area contributed by atoms with Crippen molar-refractivity contribution in [3.63, 3.8) is 0 Å². The largest absolute Gasteiger partial charge is 0.457 e. The summed E-state index contributed by atoms with van der Waals surface area (Å²) in [5, 5.41) is 10.8. The van der Waals surface area contributed by atoms with Gasteiger partial charge in [0.05, 0.1) is 30.8 Å². The van der Waals surface area contributed by atoms with Crippen LogP contribution in [0.15, 0.2) is 36.0 Å². The van der Waals surface area contributed by atoms with E-state index in [0.29, 0.717) is 19.6 Å².